The van der Waals surface area contributed by atoms with Crippen LogP contribution in [0.3, 0.4) is 0 Å². The van der Waals surface area contributed by atoms with E-state index < -0.39 is 0 Å². The van der Waals surface area contributed by atoms with Crippen LogP contribution in [0.1, 0.15) is 11.1 Å². The lowest BCUT2D eigenvalue weighted by molar-refractivity contribution is 0.414. The van der Waals surface area contributed by atoms with Crippen LogP contribution in [0.25, 0.3) is 0 Å². The minimum atomic E-state index is 0.568. The van der Waals surface area contributed by atoms with Gasteiger partial charge in [-0.25, -0.2) is 4.98 Å². The quantitative estimate of drug-likeness (QED) is 0.673. The third kappa shape index (κ3) is 4.00. The fourth-order valence-electron chi connectivity index (χ4n) is 2.64. The Kier molecular flexibility index (Phi) is 5.49. The second-order valence-corrected chi connectivity index (χ2v) is 5.78. The molecule has 26 heavy (non-hydrogen) atoms. The van der Waals surface area contributed by atoms with Crippen LogP contribution in [0.2, 0.25) is 0 Å². The van der Waals surface area contributed by atoms with Gasteiger partial charge in [0.2, 0.25) is 5.95 Å². The molecule has 3 aromatic rings. The monoisotopic (exact) mass is 346 g/mol. The Bertz CT molecular complexity index is 877. The first-order chi connectivity index (χ1) is 12.7. The molecular formula is C21H22N4O. The number of methoxy groups -OCH3 is 1. The molecule has 0 radical (unpaired) electrons. The number of para-hydroxylation sites is 1. The number of aryl methyl sites for hydroxylation is 1. The van der Waals surface area contributed by atoms with E-state index >= 15 is 0 Å². The number of hydrogen-bond donors (Lipinski definition) is 1. The first kappa shape index (κ1) is 17.5. The second-order valence-electron chi connectivity index (χ2n) is 5.78. The van der Waals surface area contributed by atoms with Gasteiger partial charge < -0.3 is 15.0 Å². The summed E-state index contributed by atoms with van der Waals surface area (Å²) < 4.78 is 5.18. The minimum Gasteiger partial charge on any atom is -0.497 e. The van der Waals surface area contributed by atoms with Crippen molar-refractivity contribution in [2.45, 2.75) is 13.5 Å². The lowest BCUT2D eigenvalue weighted by Gasteiger charge is -2.21. The van der Waals surface area contributed by atoms with Crippen LogP contribution in [0.5, 0.6) is 5.75 Å². The van der Waals surface area contributed by atoms with Crippen molar-refractivity contribution < 1.29 is 4.74 Å². The van der Waals surface area contributed by atoms with Gasteiger partial charge in [-0.3, -0.25) is 0 Å². The zero-order valence-corrected chi connectivity index (χ0v) is 15.0. The largest absolute Gasteiger partial charge is 0.497 e. The summed E-state index contributed by atoms with van der Waals surface area (Å²) in [6.45, 7) is 6.62. The Morgan fingerprint density at radius 3 is 2.58 bits per heavy atom. The maximum Gasteiger partial charge on any atom is 0.224 e. The van der Waals surface area contributed by atoms with Crippen molar-refractivity contribution in [2.75, 3.05) is 17.3 Å². The summed E-state index contributed by atoms with van der Waals surface area (Å²) in [5, 5.41) is 3.26. The van der Waals surface area contributed by atoms with Crippen molar-refractivity contribution in [3.63, 3.8) is 0 Å². The summed E-state index contributed by atoms with van der Waals surface area (Å²) >= 11 is 0. The highest BCUT2D eigenvalue weighted by Gasteiger charge is 2.10. The fourth-order valence-corrected chi connectivity index (χ4v) is 2.64. The molecule has 0 saturated heterocycles. The number of nitrogens with one attached hydrogen (secondary N) is 1. The molecule has 0 amide bonds. The molecular weight excluding hydrogens is 324 g/mol. The lowest BCUT2D eigenvalue weighted by atomic mass is 10.2. The van der Waals surface area contributed by atoms with Crippen LogP contribution in [-0.4, -0.2) is 17.1 Å². The van der Waals surface area contributed by atoms with Crippen molar-refractivity contribution in [3.05, 3.63) is 84.7 Å². The standard InChI is InChI=1S/C21H22N4O/c1-4-25(19-8-6-5-7-16(19)2)20-13-14-22-21(24-20)23-15-17-9-11-18(26-3)12-10-17/h4-14H,1,15H2,2-3H3,(H,22,23,24). The molecule has 5 heteroatoms. The Balaban J connectivity index is 1.76. The third-order valence-electron chi connectivity index (χ3n) is 4.05. The van der Waals surface area contributed by atoms with E-state index in [4.69, 9.17) is 4.74 Å². The normalized spacial score (nSPS) is 10.2. The van der Waals surface area contributed by atoms with E-state index in [9.17, 15) is 0 Å². The topological polar surface area (TPSA) is 50.3 Å². The number of hydrogen-bond acceptors (Lipinski definition) is 5. The Morgan fingerprint density at radius 2 is 1.88 bits per heavy atom. The van der Waals surface area contributed by atoms with Crippen molar-refractivity contribution in [1.29, 1.82) is 0 Å². The predicted molar refractivity (Wildman–Crippen MR) is 106 cm³/mol. The van der Waals surface area contributed by atoms with Crippen LogP contribution < -0.4 is 15.0 Å². The highest BCUT2D eigenvalue weighted by atomic mass is 16.5. The summed E-state index contributed by atoms with van der Waals surface area (Å²) in [6.07, 6.45) is 3.51. The zero-order chi connectivity index (χ0) is 18.4. The molecule has 1 N–H and O–H groups in total. The van der Waals surface area contributed by atoms with Crippen LogP contribution >= 0.6 is 0 Å². The fraction of sp³-hybridized carbons (Fsp3) is 0.143. The molecule has 1 heterocycles. The molecule has 0 unspecified atom stereocenters. The lowest BCUT2D eigenvalue weighted by Crippen LogP contribution is -2.13. The number of nitrogens with zero attached hydrogens (tertiary/aromatic N) is 3. The van der Waals surface area contributed by atoms with Gasteiger partial charge in [0.1, 0.15) is 11.6 Å². The summed E-state index contributed by atoms with van der Waals surface area (Å²) in [4.78, 5) is 10.9. The molecule has 0 aliphatic carbocycles. The van der Waals surface area contributed by atoms with Crippen molar-refractivity contribution in [1.82, 2.24) is 9.97 Å². The SMILES string of the molecule is C=CN(c1ccnc(NCc2ccc(OC)cc2)n1)c1ccccc1C. The van der Waals surface area contributed by atoms with Gasteiger partial charge >= 0.3 is 0 Å². The van der Waals surface area contributed by atoms with Gasteiger partial charge in [-0.05, 0) is 42.3 Å². The van der Waals surface area contributed by atoms with Gasteiger partial charge in [0.25, 0.3) is 0 Å². The number of ether oxygens (including phenoxy) is 1. The summed E-state index contributed by atoms with van der Waals surface area (Å²) in [6, 6.07) is 17.9. The first-order valence-electron chi connectivity index (χ1n) is 8.38. The molecule has 0 saturated carbocycles. The first-order valence-corrected chi connectivity index (χ1v) is 8.38. The van der Waals surface area contributed by atoms with Gasteiger partial charge in [0.15, 0.2) is 0 Å². The Morgan fingerprint density at radius 1 is 1.12 bits per heavy atom. The van der Waals surface area contributed by atoms with Gasteiger partial charge in [-0.15, -0.1) is 0 Å². The third-order valence-corrected chi connectivity index (χ3v) is 4.05. The van der Waals surface area contributed by atoms with Gasteiger partial charge in [0, 0.05) is 24.6 Å². The van der Waals surface area contributed by atoms with Gasteiger partial charge in [-0.2, -0.15) is 4.98 Å². The zero-order valence-electron chi connectivity index (χ0n) is 15.0. The summed E-state index contributed by atoms with van der Waals surface area (Å²) in [5.41, 5.74) is 3.32. The summed E-state index contributed by atoms with van der Waals surface area (Å²) in [7, 11) is 1.66. The molecule has 0 spiro atoms. The van der Waals surface area contributed by atoms with Gasteiger partial charge in [-0.1, -0.05) is 36.9 Å². The smallest absolute Gasteiger partial charge is 0.224 e. The van der Waals surface area contributed by atoms with Gasteiger partial charge in [0.05, 0.1) is 7.11 Å². The Hall–Kier alpha value is -3.34. The van der Waals surface area contributed by atoms with Crippen molar-refractivity contribution >= 4 is 17.5 Å². The van der Waals surface area contributed by atoms with E-state index in [0.717, 1.165) is 28.4 Å². The van der Waals surface area contributed by atoms with E-state index in [-0.39, 0.29) is 0 Å². The number of anilines is 3. The number of benzene rings is 2. The molecule has 2 aromatic carbocycles. The number of rotatable bonds is 7. The molecule has 0 bridgehead atoms. The molecule has 0 atom stereocenters. The number of aromatic nitrogens is 2. The van der Waals surface area contributed by atoms with E-state index in [1.54, 1.807) is 19.5 Å². The van der Waals surface area contributed by atoms with Crippen molar-refractivity contribution in [3.8, 4) is 5.75 Å². The molecule has 5 nitrogen and oxygen atoms in total. The van der Waals surface area contributed by atoms with E-state index in [2.05, 4.69) is 34.9 Å². The summed E-state index contributed by atoms with van der Waals surface area (Å²) in [5.74, 6) is 2.17. The minimum absolute atomic E-state index is 0.568. The van der Waals surface area contributed by atoms with Crippen LogP contribution in [-0.2, 0) is 6.54 Å². The second kappa shape index (κ2) is 8.16. The average molecular weight is 346 g/mol. The molecule has 0 aliphatic rings. The highest BCUT2D eigenvalue weighted by molar-refractivity contribution is 5.66. The molecule has 0 fully saturated rings. The molecule has 3 rings (SSSR count). The highest BCUT2D eigenvalue weighted by Crippen LogP contribution is 2.27. The maximum absolute atomic E-state index is 5.18. The molecule has 1 aromatic heterocycles. The van der Waals surface area contributed by atoms with E-state index in [0.29, 0.717) is 12.5 Å². The average Bonchev–Trinajstić information content (AvgIpc) is 2.69. The van der Waals surface area contributed by atoms with E-state index in [1.165, 1.54) is 0 Å². The molecule has 0 aliphatic heterocycles. The van der Waals surface area contributed by atoms with Crippen LogP contribution in [0.15, 0.2) is 73.6 Å². The predicted octanol–water partition coefficient (Wildman–Crippen LogP) is 4.69. The van der Waals surface area contributed by atoms with Crippen LogP contribution in [0.4, 0.5) is 17.5 Å². The maximum atomic E-state index is 5.18. The van der Waals surface area contributed by atoms with E-state index in [1.807, 2.05) is 53.4 Å². The Labute approximate surface area is 154 Å². The van der Waals surface area contributed by atoms with Crippen LogP contribution in [0, 0.1) is 6.92 Å². The molecule has 132 valence electrons. The van der Waals surface area contributed by atoms with Crippen molar-refractivity contribution in [2.24, 2.45) is 0 Å².